The summed E-state index contributed by atoms with van der Waals surface area (Å²) >= 11 is 5.78. The van der Waals surface area contributed by atoms with Crippen LogP contribution in [-0.4, -0.2) is 19.3 Å². The van der Waals surface area contributed by atoms with Gasteiger partial charge in [-0.3, -0.25) is 5.32 Å². The fourth-order valence-electron chi connectivity index (χ4n) is 1.80. The van der Waals surface area contributed by atoms with E-state index in [0.717, 1.165) is 5.56 Å². The molecule has 0 aliphatic carbocycles. The maximum Gasteiger partial charge on any atom is 0.411 e. The first kappa shape index (κ1) is 16.2. The molecule has 0 unspecified atom stereocenters. The number of aryl methyl sites for hydroxylation is 2. The summed E-state index contributed by atoms with van der Waals surface area (Å²) in [5.41, 5.74) is 3.01. The summed E-state index contributed by atoms with van der Waals surface area (Å²) in [7, 11) is 0. The molecule has 0 atom stereocenters. The lowest BCUT2D eigenvalue weighted by atomic mass is 10.1. The van der Waals surface area contributed by atoms with Crippen LogP contribution in [-0.2, 0) is 4.74 Å². The SMILES string of the molecule is Cc1ccc(NC(=O)OCCOc2ccc(Cl)cc2)cc1C. The topological polar surface area (TPSA) is 47.6 Å². The van der Waals surface area contributed by atoms with Crippen molar-refractivity contribution in [2.45, 2.75) is 13.8 Å². The Hall–Kier alpha value is -2.20. The van der Waals surface area contributed by atoms with Crippen molar-refractivity contribution in [3.63, 3.8) is 0 Å². The molecule has 0 saturated heterocycles. The highest BCUT2D eigenvalue weighted by Crippen LogP contribution is 2.16. The smallest absolute Gasteiger partial charge is 0.411 e. The van der Waals surface area contributed by atoms with E-state index < -0.39 is 6.09 Å². The monoisotopic (exact) mass is 319 g/mol. The van der Waals surface area contributed by atoms with Gasteiger partial charge in [0.2, 0.25) is 0 Å². The number of hydrogen-bond acceptors (Lipinski definition) is 3. The number of carbonyl (C=O) groups is 1. The normalized spacial score (nSPS) is 10.1. The second-order valence-electron chi connectivity index (χ2n) is 4.86. The maximum absolute atomic E-state index is 11.7. The van der Waals surface area contributed by atoms with E-state index in [1.165, 1.54) is 5.56 Å². The second kappa shape index (κ2) is 7.71. The van der Waals surface area contributed by atoms with Crippen LogP contribution < -0.4 is 10.1 Å². The van der Waals surface area contributed by atoms with Gasteiger partial charge in [-0.25, -0.2) is 4.79 Å². The van der Waals surface area contributed by atoms with Crippen LogP contribution in [0.3, 0.4) is 0 Å². The predicted molar refractivity (Wildman–Crippen MR) is 87.8 cm³/mol. The Morgan fingerprint density at radius 1 is 1.05 bits per heavy atom. The van der Waals surface area contributed by atoms with Crippen molar-refractivity contribution in [3.8, 4) is 5.75 Å². The highest BCUT2D eigenvalue weighted by atomic mass is 35.5. The summed E-state index contributed by atoms with van der Waals surface area (Å²) in [6, 6.07) is 12.7. The standard InChI is InChI=1S/C17H18ClNO3/c1-12-3-6-15(11-13(12)2)19-17(20)22-10-9-21-16-7-4-14(18)5-8-16/h3-8,11H,9-10H2,1-2H3,(H,19,20). The molecule has 1 amide bonds. The quantitative estimate of drug-likeness (QED) is 0.820. The molecular weight excluding hydrogens is 302 g/mol. The number of nitrogens with one attached hydrogen (secondary N) is 1. The van der Waals surface area contributed by atoms with Crippen LogP contribution >= 0.6 is 11.6 Å². The van der Waals surface area contributed by atoms with E-state index in [0.29, 0.717) is 16.5 Å². The molecule has 5 heteroatoms. The van der Waals surface area contributed by atoms with Crippen LogP contribution in [0.25, 0.3) is 0 Å². The fourth-order valence-corrected chi connectivity index (χ4v) is 1.92. The second-order valence-corrected chi connectivity index (χ2v) is 5.30. The van der Waals surface area contributed by atoms with Crippen LogP contribution in [0.4, 0.5) is 10.5 Å². The molecule has 0 bridgehead atoms. The lowest BCUT2D eigenvalue weighted by molar-refractivity contribution is 0.138. The Morgan fingerprint density at radius 2 is 1.77 bits per heavy atom. The molecule has 0 heterocycles. The summed E-state index contributed by atoms with van der Waals surface area (Å²) in [4.78, 5) is 11.7. The van der Waals surface area contributed by atoms with Crippen LogP contribution in [0.5, 0.6) is 5.75 Å². The molecule has 0 spiro atoms. The molecule has 4 nitrogen and oxygen atoms in total. The molecule has 2 rings (SSSR count). The Balaban J connectivity index is 1.71. The number of rotatable bonds is 5. The van der Waals surface area contributed by atoms with Crippen molar-refractivity contribution >= 4 is 23.4 Å². The summed E-state index contributed by atoms with van der Waals surface area (Å²) in [6.45, 7) is 4.46. The van der Waals surface area contributed by atoms with E-state index in [9.17, 15) is 4.79 Å². The average Bonchev–Trinajstić information content (AvgIpc) is 2.49. The van der Waals surface area contributed by atoms with E-state index in [-0.39, 0.29) is 13.2 Å². The van der Waals surface area contributed by atoms with E-state index in [1.807, 2.05) is 32.0 Å². The van der Waals surface area contributed by atoms with Gasteiger partial charge in [-0.15, -0.1) is 0 Å². The van der Waals surface area contributed by atoms with Gasteiger partial charge >= 0.3 is 6.09 Å². The molecule has 0 aliphatic rings. The van der Waals surface area contributed by atoms with Gasteiger partial charge in [0, 0.05) is 10.7 Å². The van der Waals surface area contributed by atoms with E-state index in [2.05, 4.69) is 5.32 Å². The molecule has 2 aromatic rings. The lowest BCUT2D eigenvalue weighted by Gasteiger charge is -2.09. The first-order valence-electron chi connectivity index (χ1n) is 6.94. The molecule has 22 heavy (non-hydrogen) atoms. The van der Waals surface area contributed by atoms with Crippen molar-refractivity contribution in [3.05, 3.63) is 58.6 Å². The number of carbonyl (C=O) groups excluding carboxylic acids is 1. The Morgan fingerprint density at radius 3 is 2.45 bits per heavy atom. The van der Waals surface area contributed by atoms with Gasteiger partial charge in [0.25, 0.3) is 0 Å². The van der Waals surface area contributed by atoms with Crippen LogP contribution in [0.2, 0.25) is 5.02 Å². The molecular formula is C17H18ClNO3. The highest BCUT2D eigenvalue weighted by Gasteiger charge is 2.04. The third-order valence-corrected chi connectivity index (χ3v) is 3.40. The zero-order valence-electron chi connectivity index (χ0n) is 12.6. The lowest BCUT2D eigenvalue weighted by Crippen LogP contribution is -2.17. The van der Waals surface area contributed by atoms with Crippen molar-refractivity contribution in [1.29, 1.82) is 0 Å². The number of anilines is 1. The van der Waals surface area contributed by atoms with Gasteiger partial charge in [0.15, 0.2) is 0 Å². The predicted octanol–water partition coefficient (Wildman–Crippen LogP) is 4.58. The van der Waals surface area contributed by atoms with Crippen molar-refractivity contribution in [2.24, 2.45) is 0 Å². The van der Waals surface area contributed by atoms with Crippen LogP contribution in [0.1, 0.15) is 11.1 Å². The first-order chi connectivity index (χ1) is 10.5. The fraction of sp³-hybridized carbons (Fsp3) is 0.235. The number of benzene rings is 2. The highest BCUT2D eigenvalue weighted by molar-refractivity contribution is 6.30. The van der Waals surface area contributed by atoms with E-state index in [4.69, 9.17) is 21.1 Å². The maximum atomic E-state index is 11.7. The summed E-state index contributed by atoms with van der Waals surface area (Å²) in [6.07, 6.45) is -0.497. The third-order valence-electron chi connectivity index (χ3n) is 3.15. The number of hydrogen-bond donors (Lipinski definition) is 1. The number of halogens is 1. The average molecular weight is 320 g/mol. The van der Waals surface area contributed by atoms with Gasteiger partial charge in [0.1, 0.15) is 19.0 Å². The van der Waals surface area contributed by atoms with Crippen molar-refractivity contribution in [1.82, 2.24) is 0 Å². The van der Waals surface area contributed by atoms with E-state index >= 15 is 0 Å². The largest absolute Gasteiger partial charge is 0.490 e. The number of ether oxygens (including phenoxy) is 2. The number of amides is 1. The Labute approximate surface area is 135 Å². The molecule has 116 valence electrons. The zero-order chi connectivity index (χ0) is 15.9. The molecule has 0 aliphatic heterocycles. The first-order valence-corrected chi connectivity index (χ1v) is 7.32. The van der Waals surface area contributed by atoms with Gasteiger partial charge in [-0.05, 0) is 61.4 Å². The molecule has 1 N–H and O–H groups in total. The molecule has 0 radical (unpaired) electrons. The minimum atomic E-state index is -0.497. The Kier molecular flexibility index (Phi) is 5.67. The van der Waals surface area contributed by atoms with Crippen molar-refractivity contribution < 1.29 is 14.3 Å². The minimum absolute atomic E-state index is 0.166. The minimum Gasteiger partial charge on any atom is -0.490 e. The van der Waals surface area contributed by atoms with Crippen LogP contribution in [0, 0.1) is 13.8 Å². The molecule has 0 saturated carbocycles. The zero-order valence-corrected chi connectivity index (χ0v) is 13.3. The van der Waals surface area contributed by atoms with Crippen LogP contribution in [0.15, 0.2) is 42.5 Å². The van der Waals surface area contributed by atoms with Gasteiger partial charge in [0.05, 0.1) is 0 Å². The van der Waals surface area contributed by atoms with E-state index in [1.54, 1.807) is 24.3 Å². The van der Waals surface area contributed by atoms with Gasteiger partial charge < -0.3 is 9.47 Å². The van der Waals surface area contributed by atoms with Crippen molar-refractivity contribution in [2.75, 3.05) is 18.5 Å². The van der Waals surface area contributed by atoms with Gasteiger partial charge in [-0.2, -0.15) is 0 Å². The Bertz CT molecular complexity index is 641. The molecule has 2 aromatic carbocycles. The third kappa shape index (κ3) is 4.97. The summed E-state index contributed by atoms with van der Waals surface area (Å²) < 4.78 is 10.5. The molecule has 0 fully saturated rings. The summed E-state index contributed by atoms with van der Waals surface area (Å²) in [5.74, 6) is 0.683. The van der Waals surface area contributed by atoms with Gasteiger partial charge in [-0.1, -0.05) is 17.7 Å². The summed E-state index contributed by atoms with van der Waals surface area (Å²) in [5, 5.41) is 3.33. The molecule has 0 aromatic heterocycles.